The van der Waals surface area contributed by atoms with Crippen molar-refractivity contribution in [3.8, 4) is 22.8 Å². The van der Waals surface area contributed by atoms with Gasteiger partial charge in [-0.3, -0.25) is 9.48 Å². The van der Waals surface area contributed by atoms with Crippen molar-refractivity contribution in [1.29, 1.82) is 0 Å². The number of rotatable bonds is 5. The highest BCUT2D eigenvalue weighted by molar-refractivity contribution is 6.03. The summed E-state index contributed by atoms with van der Waals surface area (Å²) in [6.07, 6.45) is 0. The van der Waals surface area contributed by atoms with E-state index in [4.69, 9.17) is 9.47 Å². The lowest BCUT2D eigenvalue weighted by atomic mass is 10.1. The second-order valence-electron chi connectivity index (χ2n) is 6.36. The largest absolute Gasteiger partial charge is 0.497 e. The number of hydrogen-bond donors (Lipinski definition) is 1. The SMILES string of the molecule is COc1ccc(-c2cc(C(=O)Nc3ccc(C)c(C)c3)n(C)n2)c(OC)c1. The van der Waals surface area contributed by atoms with Gasteiger partial charge in [-0.1, -0.05) is 6.07 Å². The first kappa shape index (κ1) is 18.5. The van der Waals surface area contributed by atoms with Gasteiger partial charge in [0.05, 0.1) is 19.9 Å². The average molecular weight is 365 g/mol. The molecular weight excluding hydrogens is 342 g/mol. The minimum atomic E-state index is -0.216. The zero-order valence-corrected chi connectivity index (χ0v) is 16.2. The fraction of sp³-hybridized carbons (Fsp3) is 0.238. The van der Waals surface area contributed by atoms with Crippen molar-refractivity contribution in [2.75, 3.05) is 19.5 Å². The fourth-order valence-corrected chi connectivity index (χ4v) is 2.84. The number of carbonyl (C=O) groups is 1. The highest BCUT2D eigenvalue weighted by Crippen LogP contribution is 2.33. The Kier molecular flexibility index (Phi) is 5.16. The molecule has 6 heteroatoms. The minimum Gasteiger partial charge on any atom is -0.497 e. The third kappa shape index (κ3) is 3.79. The van der Waals surface area contributed by atoms with Gasteiger partial charge in [0, 0.05) is 24.4 Å². The van der Waals surface area contributed by atoms with Crippen LogP contribution in [0.4, 0.5) is 5.69 Å². The Morgan fingerprint density at radius 2 is 1.78 bits per heavy atom. The van der Waals surface area contributed by atoms with E-state index in [9.17, 15) is 4.79 Å². The molecular formula is C21H23N3O3. The maximum atomic E-state index is 12.7. The van der Waals surface area contributed by atoms with E-state index in [-0.39, 0.29) is 5.91 Å². The quantitative estimate of drug-likeness (QED) is 0.743. The first-order valence-electron chi connectivity index (χ1n) is 8.58. The van der Waals surface area contributed by atoms with Gasteiger partial charge >= 0.3 is 0 Å². The smallest absolute Gasteiger partial charge is 0.273 e. The number of nitrogens with one attached hydrogen (secondary N) is 1. The molecule has 0 saturated heterocycles. The zero-order valence-electron chi connectivity index (χ0n) is 16.2. The Morgan fingerprint density at radius 1 is 1.00 bits per heavy atom. The Balaban J connectivity index is 1.90. The van der Waals surface area contributed by atoms with E-state index >= 15 is 0 Å². The van der Waals surface area contributed by atoms with Gasteiger partial charge in [-0.05, 0) is 55.3 Å². The molecule has 0 aliphatic carbocycles. The highest BCUT2D eigenvalue weighted by Gasteiger charge is 2.17. The summed E-state index contributed by atoms with van der Waals surface area (Å²) < 4.78 is 12.2. The van der Waals surface area contributed by atoms with Gasteiger partial charge in [0.1, 0.15) is 17.2 Å². The number of aryl methyl sites for hydroxylation is 3. The first-order chi connectivity index (χ1) is 12.9. The predicted molar refractivity (Wildman–Crippen MR) is 106 cm³/mol. The summed E-state index contributed by atoms with van der Waals surface area (Å²) in [6.45, 7) is 4.06. The molecule has 6 nitrogen and oxygen atoms in total. The monoisotopic (exact) mass is 365 g/mol. The summed E-state index contributed by atoms with van der Waals surface area (Å²) in [4.78, 5) is 12.7. The highest BCUT2D eigenvalue weighted by atomic mass is 16.5. The van der Waals surface area contributed by atoms with Crippen LogP contribution in [0.3, 0.4) is 0 Å². The molecule has 2 aromatic carbocycles. The third-order valence-corrected chi connectivity index (χ3v) is 4.56. The van der Waals surface area contributed by atoms with Crippen molar-refractivity contribution >= 4 is 11.6 Å². The molecule has 0 unspecified atom stereocenters. The number of amides is 1. The van der Waals surface area contributed by atoms with Crippen molar-refractivity contribution < 1.29 is 14.3 Å². The van der Waals surface area contributed by atoms with Crippen molar-refractivity contribution in [3.63, 3.8) is 0 Å². The van der Waals surface area contributed by atoms with Crippen LogP contribution in [0.15, 0.2) is 42.5 Å². The van der Waals surface area contributed by atoms with E-state index in [0.717, 1.165) is 16.8 Å². The molecule has 0 atom stereocenters. The summed E-state index contributed by atoms with van der Waals surface area (Å²) in [5.41, 5.74) is 4.97. The molecule has 0 saturated carbocycles. The van der Waals surface area contributed by atoms with Crippen LogP contribution < -0.4 is 14.8 Å². The van der Waals surface area contributed by atoms with E-state index in [1.807, 2.05) is 44.2 Å². The van der Waals surface area contributed by atoms with Crippen LogP contribution in [-0.2, 0) is 7.05 Å². The first-order valence-corrected chi connectivity index (χ1v) is 8.58. The van der Waals surface area contributed by atoms with E-state index in [2.05, 4.69) is 10.4 Å². The molecule has 27 heavy (non-hydrogen) atoms. The van der Waals surface area contributed by atoms with Crippen LogP contribution in [0.25, 0.3) is 11.3 Å². The molecule has 3 rings (SSSR count). The Bertz CT molecular complexity index is 992. The lowest BCUT2D eigenvalue weighted by Gasteiger charge is -2.08. The number of anilines is 1. The van der Waals surface area contributed by atoms with Crippen LogP contribution in [0.5, 0.6) is 11.5 Å². The molecule has 140 valence electrons. The number of benzene rings is 2. The molecule has 0 aliphatic heterocycles. The second-order valence-corrected chi connectivity index (χ2v) is 6.36. The molecule has 1 heterocycles. The van der Waals surface area contributed by atoms with Gasteiger partial charge in [0.15, 0.2) is 0 Å². The second kappa shape index (κ2) is 7.53. The molecule has 0 spiro atoms. The molecule has 0 radical (unpaired) electrons. The Labute approximate surface area is 158 Å². The summed E-state index contributed by atoms with van der Waals surface area (Å²) >= 11 is 0. The zero-order chi connectivity index (χ0) is 19.6. The number of hydrogen-bond acceptors (Lipinski definition) is 4. The molecule has 0 bridgehead atoms. The molecule has 3 aromatic rings. The maximum absolute atomic E-state index is 12.7. The van der Waals surface area contributed by atoms with Crippen LogP contribution in [0, 0.1) is 13.8 Å². The van der Waals surface area contributed by atoms with Crippen molar-refractivity contribution in [1.82, 2.24) is 9.78 Å². The lowest BCUT2D eigenvalue weighted by molar-refractivity contribution is 0.101. The van der Waals surface area contributed by atoms with Crippen molar-refractivity contribution in [3.05, 3.63) is 59.3 Å². The standard InChI is InChI=1S/C21H23N3O3/c1-13-6-7-15(10-14(13)2)22-21(25)19-12-18(23-24(19)3)17-9-8-16(26-4)11-20(17)27-5/h6-12H,1-5H3,(H,22,25). The fourth-order valence-electron chi connectivity index (χ4n) is 2.84. The van der Waals surface area contributed by atoms with Crippen LogP contribution >= 0.6 is 0 Å². The molecule has 0 fully saturated rings. The van der Waals surface area contributed by atoms with E-state index in [1.54, 1.807) is 38.1 Å². The van der Waals surface area contributed by atoms with Gasteiger partial charge < -0.3 is 14.8 Å². The summed E-state index contributed by atoms with van der Waals surface area (Å²) in [7, 11) is 4.94. The predicted octanol–water partition coefficient (Wildman–Crippen LogP) is 3.97. The molecule has 0 aliphatic rings. The Morgan fingerprint density at radius 3 is 2.44 bits per heavy atom. The molecule has 1 aromatic heterocycles. The third-order valence-electron chi connectivity index (χ3n) is 4.56. The van der Waals surface area contributed by atoms with Crippen LogP contribution in [0.1, 0.15) is 21.6 Å². The van der Waals surface area contributed by atoms with Crippen molar-refractivity contribution in [2.24, 2.45) is 7.05 Å². The maximum Gasteiger partial charge on any atom is 0.273 e. The van der Waals surface area contributed by atoms with Crippen molar-refractivity contribution in [2.45, 2.75) is 13.8 Å². The normalized spacial score (nSPS) is 10.6. The van der Waals surface area contributed by atoms with E-state index in [0.29, 0.717) is 22.9 Å². The number of methoxy groups -OCH3 is 2. The topological polar surface area (TPSA) is 65.4 Å². The average Bonchev–Trinajstić information content (AvgIpc) is 3.05. The van der Waals surface area contributed by atoms with Gasteiger partial charge in [-0.2, -0.15) is 5.10 Å². The molecule has 1 N–H and O–H groups in total. The minimum absolute atomic E-state index is 0.216. The lowest BCUT2D eigenvalue weighted by Crippen LogP contribution is -2.16. The number of nitrogens with zero attached hydrogens (tertiary/aromatic N) is 2. The number of aromatic nitrogens is 2. The Hall–Kier alpha value is -3.28. The molecule has 1 amide bonds. The van der Waals surface area contributed by atoms with Gasteiger partial charge in [-0.25, -0.2) is 0 Å². The van der Waals surface area contributed by atoms with E-state index in [1.165, 1.54) is 5.56 Å². The summed E-state index contributed by atoms with van der Waals surface area (Å²) in [6, 6.07) is 13.1. The van der Waals surface area contributed by atoms with Gasteiger partial charge in [-0.15, -0.1) is 0 Å². The van der Waals surface area contributed by atoms with Gasteiger partial charge in [0.2, 0.25) is 0 Å². The van der Waals surface area contributed by atoms with Gasteiger partial charge in [0.25, 0.3) is 5.91 Å². The van der Waals surface area contributed by atoms with Crippen LogP contribution in [-0.4, -0.2) is 29.9 Å². The van der Waals surface area contributed by atoms with Crippen LogP contribution in [0.2, 0.25) is 0 Å². The summed E-state index contributed by atoms with van der Waals surface area (Å²) in [5.74, 6) is 1.11. The van der Waals surface area contributed by atoms with E-state index < -0.39 is 0 Å². The number of ether oxygens (including phenoxy) is 2. The number of carbonyl (C=O) groups excluding carboxylic acids is 1. The summed E-state index contributed by atoms with van der Waals surface area (Å²) in [5, 5.41) is 7.40.